The maximum atomic E-state index is 5.68. The van der Waals surface area contributed by atoms with E-state index in [1.165, 1.54) is 38.9 Å². The summed E-state index contributed by atoms with van der Waals surface area (Å²) in [5.41, 5.74) is 7.00. The van der Waals surface area contributed by atoms with Gasteiger partial charge in [0.05, 0.1) is 7.11 Å². The topological polar surface area (TPSA) is 28.3 Å². The van der Waals surface area contributed by atoms with Gasteiger partial charge in [0, 0.05) is 42.0 Å². The third kappa shape index (κ3) is 4.19. The van der Waals surface area contributed by atoms with Crippen LogP contribution in [-0.2, 0) is 19.3 Å². The predicted molar refractivity (Wildman–Crippen MR) is 125 cm³/mol. The van der Waals surface area contributed by atoms with E-state index in [-0.39, 0.29) is 0 Å². The molecule has 0 aliphatic carbocycles. The number of hydrogen-bond acceptors (Lipinski definition) is 3. The first-order chi connectivity index (χ1) is 14.2. The molecule has 0 spiro atoms. The molecular weight excluding hydrogens is 376 g/mol. The van der Waals surface area contributed by atoms with Crippen LogP contribution >= 0.6 is 11.8 Å². The number of para-hydroxylation sites is 1. The smallest absolute Gasteiger partial charge is 0.122 e. The van der Waals surface area contributed by atoms with Crippen LogP contribution in [0.15, 0.2) is 42.6 Å². The Labute approximate surface area is 178 Å². The van der Waals surface area contributed by atoms with Gasteiger partial charge in [-0.05, 0) is 66.3 Å². The number of aromatic nitrogens is 1. The van der Waals surface area contributed by atoms with E-state index in [1.54, 1.807) is 7.11 Å². The van der Waals surface area contributed by atoms with Crippen molar-refractivity contribution in [1.82, 2.24) is 9.88 Å². The van der Waals surface area contributed by atoms with Crippen LogP contribution in [0.4, 0.5) is 0 Å². The van der Waals surface area contributed by atoms with Gasteiger partial charge < -0.3 is 9.72 Å². The third-order valence-corrected chi connectivity index (χ3v) is 6.93. The molecule has 4 heteroatoms. The zero-order valence-electron chi connectivity index (χ0n) is 17.8. The number of nitrogens with one attached hydrogen (secondary N) is 1. The number of aromatic amines is 1. The van der Waals surface area contributed by atoms with Crippen LogP contribution in [0.25, 0.3) is 10.9 Å². The third-order valence-electron chi connectivity index (χ3n) is 6.34. The molecule has 29 heavy (non-hydrogen) atoms. The lowest BCUT2D eigenvalue weighted by atomic mass is 9.87. The minimum atomic E-state index is 0.482. The Balaban J connectivity index is 1.64. The molecule has 0 saturated heterocycles. The van der Waals surface area contributed by atoms with Crippen molar-refractivity contribution in [3.8, 4) is 5.75 Å². The van der Waals surface area contributed by atoms with E-state index in [2.05, 4.69) is 65.7 Å². The summed E-state index contributed by atoms with van der Waals surface area (Å²) >= 11 is 1.94. The molecule has 0 bridgehead atoms. The Morgan fingerprint density at radius 1 is 1.21 bits per heavy atom. The second-order valence-corrected chi connectivity index (χ2v) is 8.89. The second-order valence-electron chi connectivity index (χ2n) is 7.91. The van der Waals surface area contributed by atoms with Gasteiger partial charge in [-0.2, -0.15) is 11.8 Å². The SMILES string of the molecule is CCc1cc2c(cc1OC)CCN(CCSC)C2CCc1c[nH]c2ccccc12. The summed E-state index contributed by atoms with van der Waals surface area (Å²) in [4.78, 5) is 6.15. The average Bonchev–Trinajstić information content (AvgIpc) is 3.18. The average molecular weight is 409 g/mol. The van der Waals surface area contributed by atoms with Crippen LogP contribution in [0.3, 0.4) is 0 Å². The van der Waals surface area contributed by atoms with Gasteiger partial charge in [-0.1, -0.05) is 31.2 Å². The van der Waals surface area contributed by atoms with Crippen LogP contribution < -0.4 is 4.74 Å². The minimum absolute atomic E-state index is 0.482. The summed E-state index contributed by atoms with van der Waals surface area (Å²) < 4.78 is 5.68. The van der Waals surface area contributed by atoms with Crippen molar-refractivity contribution in [2.45, 2.75) is 38.6 Å². The van der Waals surface area contributed by atoms with E-state index in [9.17, 15) is 0 Å². The van der Waals surface area contributed by atoms with Gasteiger partial charge in [-0.15, -0.1) is 0 Å². The normalized spacial score (nSPS) is 16.9. The fourth-order valence-electron chi connectivity index (χ4n) is 4.74. The lowest BCUT2D eigenvalue weighted by Gasteiger charge is -2.38. The molecule has 2 aromatic carbocycles. The van der Waals surface area contributed by atoms with Crippen molar-refractivity contribution < 1.29 is 4.74 Å². The highest BCUT2D eigenvalue weighted by molar-refractivity contribution is 7.98. The standard InChI is InChI=1S/C25H32N2OS/c1-4-18-15-22-19(16-25(18)28-2)11-12-27(13-14-29-3)24(22)10-9-20-17-26-23-8-6-5-7-21(20)23/h5-8,15-17,24,26H,4,9-14H2,1-3H3. The van der Waals surface area contributed by atoms with Gasteiger partial charge >= 0.3 is 0 Å². The van der Waals surface area contributed by atoms with Crippen LogP contribution in [0, 0.1) is 0 Å². The Morgan fingerprint density at radius 3 is 2.86 bits per heavy atom. The van der Waals surface area contributed by atoms with Crippen molar-refractivity contribution >= 4 is 22.7 Å². The van der Waals surface area contributed by atoms with E-state index < -0.39 is 0 Å². The molecule has 3 aromatic rings. The van der Waals surface area contributed by atoms with Crippen molar-refractivity contribution in [1.29, 1.82) is 0 Å². The number of hydrogen-bond donors (Lipinski definition) is 1. The maximum Gasteiger partial charge on any atom is 0.122 e. The van der Waals surface area contributed by atoms with Gasteiger partial charge in [0.25, 0.3) is 0 Å². The Morgan fingerprint density at radius 2 is 2.07 bits per heavy atom. The maximum absolute atomic E-state index is 5.68. The van der Waals surface area contributed by atoms with Crippen LogP contribution in [0.5, 0.6) is 5.75 Å². The highest BCUT2D eigenvalue weighted by atomic mass is 32.2. The summed E-state index contributed by atoms with van der Waals surface area (Å²) in [5.74, 6) is 2.24. The molecule has 1 unspecified atom stereocenters. The van der Waals surface area contributed by atoms with Gasteiger partial charge in [0.15, 0.2) is 0 Å². The second kappa shape index (κ2) is 9.27. The van der Waals surface area contributed by atoms with Gasteiger partial charge in [0.2, 0.25) is 0 Å². The number of fused-ring (bicyclic) bond motifs is 2. The molecule has 1 aliphatic rings. The minimum Gasteiger partial charge on any atom is -0.496 e. The first kappa shape index (κ1) is 20.4. The van der Waals surface area contributed by atoms with Gasteiger partial charge in [-0.25, -0.2) is 0 Å². The summed E-state index contributed by atoms with van der Waals surface area (Å²) in [7, 11) is 1.79. The molecular formula is C25H32N2OS. The molecule has 1 N–H and O–H groups in total. The summed E-state index contributed by atoms with van der Waals surface area (Å²) in [6, 6.07) is 13.9. The molecule has 1 atom stereocenters. The number of nitrogens with zero attached hydrogens (tertiary/aromatic N) is 1. The fourth-order valence-corrected chi connectivity index (χ4v) is 5.16. The molecule has 3 nitrogen and oxygen atoms in total. The Hall–Kier alpha value is -1.91. The van der Waals surface area contributed by atoms with Gasteiger partial charge in [0.1, 0.15) is 5.75 Å². The lowest BCUT2D eigenvalue weighted by Crippen LogP contribution is -2.37. The van der Waals surface area contributed by atoms with Crippen molar-refractivity contribution in [3.63, 3.8) is 0 Å². The predicted octanol–water partition coefficient (Wildman–Crippen LogP) is 5.63. The van der Waals surface area contributed by atoms with Crippen LogP contribution in [-0.4, -0.2) is 42.1 Å². The van der Waals surface area contributed by atoms with Crippen molar-refractivity contribution in [3.05, 3.63) is 64.8 Å². The first-order valence-electron chi connectivity index (χ1n) is 10.7. The number of ether oxygens (including phenoxy) is 1. The number of thioether (sulfide) groups is 1. The number of aryl methyl sites for hydroxylation is 2. The van der Waals surface area contributed by atoms with Crippen molar-refractivity contribution in [2.24, 2.45) is 0 Å². The van der Waals surface area contributed by atoms with Crippen molar-refractivity contribution in [2.75, 3.05) is 32.2 Å². The molecule has 2 heterocycles. The van der Waals surface area contributed by atoms with Crippen LogP contribution in [0.1, 0.15) is 41.6 Å². The molecule has 1 aliphatic heterocycles. The van der Waals surface area contributed by atoms with Crippen LogP contribution in [0.2, 0.25) is 0 Å². The molecule has 1 aromatic heterocycles. The quantitative estimate of drug-likeness (QED) is 0.523. The van der Waals surface area contributed by atoms with Gasteiger partial charge in [-0.3, -0.25) is 4.90 Å². The fraction of sp³-hybridized carbons (Fsp3) is 0.440. The number of rotatable bonds is 8. The lowest BCUT2D eigenvalue weighted by molar-refractivity contribution is 0.187. The molecule has 0 amide bonds. The first-order valence-corrected chi connectivity index (χ1v) is 12.1. The Bertz CT molecular complexity index is 965. The largest absolute Gasteiger partial charge is 0.496 e. The molecule has 0 radical (unpaired) electrons. The summed E-state index contributed by atoms with van der Waals surface area (Å²) in [6.45, 7) is 4.52. The number of H-pyrrole nitrogens is 1. The highest BCUT2D eigenvalue weighted by Crippen LogP contribution is 2.37. The monoisotopic (exact) mass is 408 g/mol. The highest BCUT2D eigenvalue weighted by Gasteiger charge is 2.28. The Kier molecular flexibility index (Phi) is 6.51. The van der Waals surface area contributed by atoms with E-state index in [0.29, 0.717) is 6.04 Å². The number of benzene rings is 2. The zero-order chi connectivity index (χ0) is 20.2. The molecule has 4 rings (SSSR count). The van der Waals surface area contributed by atoms with E-state index in [1.807, 2.05) is 11.8 Å². The van der Waals surface area contributed by atoms with E-state index in [0.717, 1.165) is 44.5 Å². The summed E-state index contributed by atoms with van der Waals surface area (Å²) in [5, 5.41) is 1.36. The van der Waals surface area contributed by atoms with E-state index >= 15 is 0 Å². The van der Waals surface area contributed by atoms with E-state index in [4.69, 9.17) is 4.74 Å². The molecule has 0 saturated carbocycles. The molecule has 154 valence electrons. The summed E-state index contributed by atoms with van der Waals surface area (Å²) in [6.07, 6.45) is 8.78. The molecule has 0 fully saturated rings. The zero-order valence-corrected chi connectivity index (χ0v) is 18.6. The number of methoxy groups -OCH3 is 1.